The van der Waals surface area contributed by atoms with Crippen molar-refractivity contribution < 1.29 is 4.79 Å². The van der Waals surface area contributed by atoms with E-state index in [9.17, 15) is 4.79 Å². The number of nitrogens with zero attached hydrogens (tertiary/aromatic N) is 3. The maximum atomic E-state index is 12.7. The smallest absolute Gasteiger partial charge is 0.268 e. The third kappa shape index (κ3) is 3.33. The summed E-state index contributed by atoms with van der Waals surface area (Å²) in [6.45, 7) is 5.60. The molecule has 0 spiro atoms. The summed E-state index contributed by atoms with van der Waals surface area (Å²) in [5.41, 5.74) is 0.761. The normalized spacial score (nSPS) is 14.7. The van der Waals surface area contributed by atoms with Crippen LogP contribution < -0.4 is 15.5 Å². The maximum absolute atomic E-state index is 12.7. The first-order valence-corrected chi connectivity index (χ1v) is 9.11. The van der Waals surface area contributed by atoms with Gasteiger partial charge in [0.2, 0.25) is 0 Å². The van der Waals surface area contributed by atoms with E-state index >= 15 is 0 Å². The second-order valence-corrected chi connectivity index (χ2v) is 7.00. The molecule has 4 rings (SSSR count). The molecule has 0 radical (unpaired) electrons. The Kier molecular flexibility index (Phi) is 4.33. The minimum atomic E-state index is -0.154. The summed E-state index contributed by atoms with van der Waals surface area (Å²) in [5, 5.41) is 9.24. The molecule has 1 amide bonds. The minimum Gasteiger partial charge on any atom is -0.346 e. The molecule has 1 aliphatic rings. The van der Waals surface area contributed by atoms with Gasteiger partial charge in [0.05, 0.1) is 5.69 Å². The van der Waals surface area contributed by atoms with E-state index in [1.165, 1.54) is 11.3 Å². The standard InChI is InChI=1S/C18H19N5OS/c1-12-16(25-18(21-12)23-8-6-19-7-9-23)17(24)22-15-10-13-4-2-3-5-14(13)11-20-15/h2-5,10-11,19H,6-9H2,1H3,(H,20,22,24). The highest BCUT2D eigenvalue weighted by molar-refractivity contribution is 7.17. The first kappa shape index (κ1) is 16.0. The zero-order valence-corrected chi connectivity index (χ0v) is 14.8. The molecule has 0 bridgehead atoms. The van der Waals surface area contributed by atoms with E-state index in [1.807, 2.05) is 37.3 Å². The van der Waals surface area contributed by atoms with Crippen LogP contribution in [0.25, 0.3) is 10.8 Å². The van der Waals surface area contributed by atoms with Crippen LogP contribution in [0.3, 0.4) is 0 Å². The fraction of sp³-hybridized carbons (Fsp3) is 0.278. The number of hydrogen-bond acceptors (Lipinski definition) is 6. The van der Waals surface area contributed by atoms with E-state index in [0.717, 1.165) is 47.8 Å². The molecule has 1 saturated heterocycles. The molecule has 1 aromatic carbocycles. The fourth-order valence-electron chi connectivity index (χ4n) is 2.91. The van der Waals surface area contributed by atoms with Gasteiger partial charge in [-0.3, -0.25) is 4.79 Å². The number of benzene rings is 1. The average molecular weight is 353 g/mol. The zero-order chi connectivity index (χ0) is 17.2. The number of thiazole rings is 1. The van der Waals surface area contributed by atoms with Crippen molar-refractivity contribution in [1.82, 2.24) is 15.3 Å². The lowest BCUT2D eigenvalue weighted by Gasteiger charge is -2.26. The molecule has 2 aromatic heterocycles. The van der Waals surface area contributed by atoms with Gasteiger partial charge in [0.15, 0.2) is 5.13 Å². The molecule has 0 unspecified atom stereocenters. The van der Waals surface area contributed by atoms with Gasteiger partial charge in [0.1, 0.15) is 10.7 Å². The maximum Gasteiger partial charge on any atom is 0.268 e. The Balaban J connectivity index is 1.54. The van der Waals surface area contributed by atoms with Gasteiger partial charge in [-0.2, -0.15) is 0 Å². The van der Waals surface area contributed by atoms with Gasteiger partial charge in [-0.05, 0) is 18.4 Å². The first-order valence-electron chi connectivity index (χ1n) is 8.30. The number of carbonyl (C=O) groups excluding carboxylic acids is 1. The van der Waals surface area contributed by atoms with E-state index in [0.29, 0.717) is 10.7 Å². The number of rotatable bonds is 3. The fourth-order valence-corrected chi connectivity index (χ4v) is 3.92. The van der Waals surface area contributed by atoms with Crippen LogP contribution in [0.2, 0.25) is 0 Å². The van der Waals surface area contributed by atoms with Crippen LogP contribution >= 0.6 is 11.3 Å². The van der Waals surface area contributed by atoms with Crippen molar-refractivity contribution in [2.24, 2.45) is 0 Å². The van der Waals surface area contributed by atoms with Crippen LogP contribution in [-0.2, 0) is 0 Å². The molecule has 0 saturated carbocycles. The lowest BCUT2D eigenvalue weighted by molar-refractivity contribution is 0.102. The molecule has 128 valence electrons. The van der Waals surface area contributed by atoms with Crippen molar-refractivity contribution in [1.29, 1.82) is 0 Å². The predicted molar refractivity (Wildman–Crippen MR) is 102 cm³/mol. The SMILES string of the molecule is Cc1nc(N2CCNCC2)sc1C(=O)Nc1cc2ccccc2cn1. The number of carbonyl (C=O) groups is 1. The molecule has 2 N–H and O–H groups in total. The van der Waals surface area contributed by atoms with Crippen LogP contribution in [0.5, 0.6) is 0 Å². The predicted octanol–water partition coefficient (Wildman–Crippen LogP) is 2.66. The summed E-state index contributed by atoms with van der Waals surface area (Å²) in [5.74, 6) is 0.402. The van der Waals surface area contributed by atoms with Crippen LogP contribution in [0.15, 0.2) is 36.5 Å². The number of nitrogens with one attached hydrogen (secondary N) is 2. The third-order valence-corrected chi connectivity index (χ3v) is 5.47. The van der Waals surface area contributed by atoms with Crippen molar-refractivity contribution in [2.75, 3.05) is 36.4 Å². The van der Waals surface area contributed by atoms with E-state index in [4.69, 9.17) is 0 Å². The van der Waals surface area contributed by atoms with E-state index in [-0.39, 0.29) is 5.91 Å². The van der Waals surface area contributed by atoms with Crippen LogP contribution in [-0.4, -0.2) is 42.1 Å². The quantitative estimate of drug-likeness (QED) is 0.758. The molecule has 0 atom stereocenters. The highest BCUT2D eigenvalue weighted by atomic mass is 32.1. The number of piperazine rings is 1. The summed E-state index contributed by atoms with van der Waals surface area (Å²) in [7, 11) is 0. The third-order valence-electron chi connectivity index (χ3n) is 4.25. The lowest BCUT2D eigenvalue weighted by Crippen LogP contribution is -2.43. The highest BCUT2D eigenvalue weighted by Crippen LogP contribution is 2.27. The molecular formula is C18H19N5OS. The van der Waals surface area contributed by atoms with Crippen LogP contribution in [0, 0.1) is 6.92 Å². The molecule has 7 heteroatoms. The molecule has 3 aromatic rings. The molecule has 1 aliphatic heterocycles. The topological polar surface area (TPSA) is 70.2 Å². The summed E-state index contributed by atoms with van der Waals surface area (Å²) in [4.78, 5) is 24.4. The summed E-state index contributed by atoms with van der Waals surface area (Å²) in [6, 6.07) is 9.84. The molecule has 1 fully saturated rings. The Labute approximate surface area is 149 Å². The molecule has 6 nitrogen and oxygen atoms in total. The van der Waals surface area contributed by atoms with E-state index < -0.39 is 0 Å². The van der Waals surface area contributed by atoms with Crippen LogP contribution in [0.4, 0.5) is 10.9 Å². The Morgan fingerprint density at radius 3 is 2.80 bits per heavy atom. The van der Waals surface area contributed by atoms with Gasteiger partial charge in [0.25, 0.3) is 5.91 Å². The lowest BCUT2D eigenvalue weighted by atomic mass is 10.2. The Bertz CT molecular complexity index is 917. The number of amides is 1. The van der Waals surface area contributed by atoms with Gasteiger partial charge in [-0.15, -0.1) is 0 Å². The monoisotopic (exact) mass is 353 g/mol. The minimum absolute atomic E-state index is 0.154. The molecule has 25 heavy (non-hydrogen) atoms. The van der Waals surface area contributed by atoms with Crippen molar-refractivity contribution in [3.63, 3.8) is 0 Å². The van der Waals surface area contributed by atoms with E-state index in [1.54, 1.807) is 6.20 Å². The average Bonchev–Trinajstić information content (AvgIpc) is 3.04. The second kappa shape index (κ2) is 6.78. The summed E-state index contributed by atoms with van der Waals surface area (Å²) in [6.07, 6.45) is 1.77. The Morgan fingerprint density at radius 1 is 1.24 bits per heavy atom. The Hall–Kier alpha value is -2.51. The van der Waals surface area contributed by atoms with Gasteiger partial charge < -0.3 is 15.5 Å². The van der Waals surface area contributed by atoms with Gasteiger partial charge in [-0.25, -0.2) is 9.97 Å². The first-order chi connectivity index (χ1) is 12.2. The molecular weight excluding hydrogens is 334 g/mol. The number of aromatic nitrogens is 2. The number of fused-ring (bicyclic) bond motifs is 1. The van der Waals surface area contributed by atoms with Crippen molar-refractivity contribution >= 4 is 39.0 Å². The number of aryl methyl sites for hydroxylation is 1. The molecule has 3 heterocycles. The molecule has 0 aliphatic carbocycles. The van der Waals surface area contributed by atoms with Crippen molar-refractivity contribution in [2.45, 2.75) is 6.92 Å². The van der Waals surface area contributed by atoms with Gasteiger partial charge >= 0.3 is 0 Å². The van der Waals surface area contributed by atoms with Gasteiger partial charge in [-0.1, -0.05) is 35.6 Å². The van der Waals surface area contributed by atoms with Gasteiger partial charge in [0, 0.05) is 37.8 Å². The largest absolute Gasteiger partial charge is 0.346 e. The number of hydrogen-bond donors (Lipinski definition) is 2. The number of pyridine rings is 1. The van der Waals surface area contributed by atoms with Crippen molar-refractivity contribution in [3.8, 4) is 0 Å². The zero-order valence-electron chi connectivity index (χ0n) is 14.0. The number of anilines is 2. The van der Waals surface area contributed by atoms with Crippen LogP contribution in [0.1, 0.15) is 15.4 Å². The Morgan fingerprint density at radius 2 is 2.00 bits per heavy atom. The second-order valence-electron chi connectivity index (χ2n) is 6.02. The summed E-state index contributed by atoms with van der Waals surface area (Å²) < 4.78 is 0. The highest BCUT2D eigenvalue weighted by Gasteiger charge is 2.20. The summed E-state index contributed by atoms with van der Waals surface area (Å²) >= 11 is 1.44. The van der Waals surface area contributed by atoms with E-state index in [2.05, 4.69) is 25.5 Å². The van der Waals surface area contributed by atoms with Crippen molar-refractivity contribution in [3.05, 3.63) is 47.1 Å².